The van der Waals surface area contributed by atoms with E-state index in [-0.39, 0.29) is 17.0 Å². The minimum absolute atomic E-state index is 0.117. The number of oxazole rings is 1. The van der Waals surface area contributed by atoms with Gasteiger partial charge < -0.3 is 15.9 Å². The van der Waals surface area contributed by atoms with Gasteiger partial charge in [-0.25, -0.2) is 4.98 Å². The van der Waals surface area contributed by atoms with Crippen molar-refractivity contribution in [2.24, 2.45) is 0 Å². The number of hydrogen-bond acceptors (Lipinski definition) is 4. The van der Waals surface area contributed by atoms with Crippen molar-refractivity contribution in [3.05, 3.63) is 88.4 Å². The first-order valence-corrected chi connectivity index (χ1v) is 11.1. The van der Waals surface area contributed by atoms with Crippen LogP contribution in [0.3, 0.4) is 0 Å². The summed E-state index contributed by atoms with van der Waals surface area (Å²) in [5.41, 5.74) is 16.0. The Balaban J connectivity index is 1.59. The third-order valence-corrected chi connectivity index (χ3v) is 6.18. The standard InChI is InChI=1S/C26H16Cl2F3N3O/c27-20-10-16(32)5-6-17(20)19-11-18(21(28)12-22(19)33)13-2-1-3-14(8-13)25-34-23-9-15(26(29,30)31)4-7-24(23)35-25/h1-12H,32-33H2. The summed E-state index contributed by atoms with van der Waals surface area (Å²) in [6.45, 7) is 0. The zero-order chi connectivity index (χ0) is 24.9. The highest BCUT2D eigenvalue weighted by molar-refractivity contribution is 6.35. The van der Waals surface area contributed by atoms with Crippen LogP contribution in [0.2, 0.25) is 10.0 Å². The smallest absolute Gasteiger partial charge is 0.416 e. The number of nitrogens with two attached hydrogens (primary N) is 2. The van der Waals surface area contributed by atoms with E-state index >= 15 is 0 Å². The lowest BCUT2D eigenvalue weighted by molar-refractivity contribution is -0.137. The van der Waals surface area contributed by atoms with Gasteiger partial charge >= 0.3 is 6.18 Å². The number of anilines is 2. The molecule has 0 unspecified atom stereocenters. The van der Waals surface area contributed by atoms with Gasteiger partial charge in [-0.3, -0.25) is 0 Å². The maximum absolute atomic E-state index is 13.1. The van der Waals surface area contributed by atoms with Crippen molar-refractivity contribution in [2.45, 2.75) is 6.18 Å². The summed E-state index contributed by atoms with van der Waals surface area (Å²) in [6, 6.07) is 19.0. The summed E-state index contributed by atoms with van der Waals surface area (Å²) in [4.78, 5) is 4.26. The van der Waals surface area contributed by atoms with E-state index < -0.39 is 11.7 Å². The van der Waals surface area contributed by atoms with Crippen LogP contribution in [0.5, 0.6) is 0 Å². The highest BCUT2D eigenvalue weighted by Gasteiger charge is 2.31. The van der Waals surface area contributed by atoms with E-state index in [0.29, 0.717) is 43.7 Å². The van der Waals surface area contributed by atoms with E-state index in [1.54, 1.807) is 42.5 Å². The number of halogens is 5. The number of fused-ring (bicyclic) bond motifs is 1. The lowest BCUT2D eigenvalue weighted by Crippen LogP contribution is -2.03. The molecule has 0 fully saturated rings. The third-order valence-electron chi connectivity index (χ3n) is 5.56. The van der Waals surface area contributed by atoms with E-state index in [4.69, 9.17) is 39.1 Å². The molecule has 5 rings (SSSR count). The first-order chi connectivity index (χ1) is 16.6. The van der Waals surface area contributed by atoms with Gasteiger partial charge in [0.1, 0.15) is 5.52 Å². The van der Waals surface area contributed by atoms with E-state index in [1.165, 1.54) is 6.07 Å². The summed E-state index contributed by atoms with van der Waals surface area (Å²) >= 11 is 12.9. The molecule has 0 bridgehead atoms. The Bertz CT molecular complexity index is 1600. The Morgan fingerprint density at radius 1 is 0.743 bits per heavy atom. The van der Waals surface area contributed by atoms with E-state index in [0.717, 1.165) is 17.7 Å². The van der Waals surface area contributed by atoms with Gasteiger partial charge in [-0.05, 0) is 60.2 Å². The van der Waals surface area contributed by atoms with Crippen LogP contribution in [-0.4, -0.2) is 4.98 Å². The maximum atomic E-state index is 13.1. The number of alkyl halides is 3. The molecule has 0 saturated heterocycles. The normalized spacial score (nSPS) is 11.8. The molecule has 4 N–H and O–H groups in total. The summed E-state index contributed by atoms with van der Waals surface area (Å²) < 4.78 is 44.9. The zero-order valence-corrected chi connectivity index (χ0v) is 19.3. The predicted octanol–water partition coefficient (Wildman–Crippen LogP) is 8.32. The molecule has 0 amide bonds. The lowest BCUT2D eigenvalue weighted by atomic mass is 9.96. The Morgan fingerprint density at radius 3 is 2.23 bits per heavy atom. The van der Waals surface area contributed by atoms with Gasteiger partial charge in [0.15, 0.2) is 5.58 Å². The van der Waals surface area contributed by atoms with Crippen molar-refractivity contribution in [3.63, 3.8) is 0 Å². The number of hydrogen-bond donors (Lipinski definition) is 2. The molecule has 5 aromatic rings. The molecule has 4 nitrogen and oxygen atoms in total. The highest BCUT2D eigenvalue weighted by Crippen LogP contribution is 2.41. The average molecular weight is 514 g/mol. The van der Waals surface area contributed by atoms with Gasteiger partial charge in [-0.2, -0.15) is 13.2 Å². The van der Waals surface area contributed by atoms with Crippen molar-refractivity contribution >= 4 is 45.7 Å². The van der Waals surface area contributed by atoms with Crippen LogP contribution in [0, 0.1) is 0 Å². The maximum Gasteiger partial charge on any atom is 0.416 e. The molecule has 0 aliphatic rings. The van der Waals surface area contributed by atoms with Crippen molar-refractivity contribution in [1.29, 1.82) is 0 Å². The Labute approximate surface area is 207 Å². The molecule has 0 atom stereocenters. The van der Waals surface area contributed by atoms with Crippen LogP contribution in [0.15, 0.2) is 77.2 Å². The van der Waals surface area contributed by atoms with Gasteiger partial charge in [0.25, 0.3) is 0 Å². The molecule has 1 aromatic heterocycles. The predicted molar refractivity (Wildman–Crippen MR) is 134 cm³/mol. The quantitative estimate of drug-likeness (QED) is 0.237. The number of nitrogens with zero attached hydrogens (tertiary/aromatic N) is 1. The van der Waals surface area contributed by atoms with Crippen molar-refractivity contribution in [2.75, 3.05) is 11.5 Å². The molecular weight excluding hydrogens is 498 g/mol. The van der Waals surface area contributed by atoms with Crippen molar-refractivity contribution < 1.29 is 17.6 Å². The lowest BCUT2D eigenvalue weighted by Gasteiger charge is -2.13. The first-order valence-electron chi connectivity index (χ1n) is 10.3. The molecule has 0 radical (unpaired) electrons. The van der Waals surface area contributed by atoms with Crippen LogP contribution in [0.25, 0.3) is 44.8 Å². The van der Waals surface area contributed by atoms with E-state index in [2.05, 4.69) is 4.98 Å². The number of aromatic nitrogens is 1. The van der Waals surface area contributed by atoms with Crippen molar-refractivity contribution in [1.82, 2.24) is 4.98 Å². The minimum atomic E-state index is -4.47. The van der Waals surface area contributed by atoms with Crippen LogP contribution < -0.4 is 11.5 Å². The van der Waals surface area contributed by atoms with Crippen LogP contribution in [-0.2, 0) is 6.18 Å². The largest absolute Gasteiger partial charge is 0.436 e. The highest BCUT2D eigenvalue weighted by atomic mass is 35.5. The number of nitrogen functional groups attached to an aromatic ring is 2. The Kier molecular flexibility index (Phi) is 5.62. The summed E-state index contributed by atoms with van der Waals surface area (Å²) in [5.74, 6) is 0.189. The third kappa shape index (κ3) is 4.40. The zero-order valence-electron chi connectivity index (χ0n) is 17.8. The molecule has 0 aliphatic heterocycles. The summed E-state index contributed by atoms with van der Waals surface area (Å²) in [7, 11) is 0. The molecule has 35 heavy (non-hydrogen) atoms. The van der Waals surface area contributed by atoms with Gasteiger partial charge in [0, 0.05) is 33.6 Å². The monoisotopic (exact) mass is 513 g/mol. The SMILES string of the molecule is Nc1ccc(-c2cc(-c3cccc(-c4nc5cc(C(F)(F)F)ccc5o4)c3)c(Cl)cc2N)c(Cl)c1. The Morgan fingerprint density at radius 2 is 1.49 bits per heavy atom. The van der Waals surface area contributed by atoms with Crippen LogP contribution in [0.4, 0.5) is 24.5 Å². The second kappa shape index (κ2) is 8.52. The van der Waals surface area contributed by atoms with E-state index in [1.807, 2.05) is 12.1 Å². The second-order valence-corrected chi connectivity index (χ2v) is 8.75. The average Bonchev–Trinajstić information content (AvgIpc) is 3.23. The minimum Gasteiger partial charge on any atom is -0.436 e. The molecule has 0 saturated carbocycles. The van der Waals surface area contributed by atoms with Crippen molar-refractivity contribution in [3.8, 4) is 33.7 Å². The molecule has 9 heteroatoms. The number of benzene rings is 4. The van der Waals surface area contributed by atoms with Gasteiger partial charge in [-0.1, -0.05) is 41.4 Å². The fraction of sp³-hybridized carbons (Fsp3) is 0.0385. The molecule has 176 valence electrons. The Hall–Kier alpha value is -3.68. The fourth-order valence-electron chi connectivity index (χ4n) is 3.84. The van der Waals surface area contributed by atoms with Gasteiger partial charge in [0.05, 0.1) is 15.6 Å². The first kappa shape index (κ1) is 23.1. The molecule has 0 spiro atoms. The molecule has 0 aliphatic carbocycles. The molecular formula is C26H16Cl2F3N3O. The fourth-order valence-corrected chi connectivity index (χ4v) is 4.41. The van der Waals surface area contributed by atoms with Gasteiger partial charge in [0.2, 0.25) is 5.89 Å². The second-order valence-electron chi connectivity index (χ2n) is 7.94. The topological polar surface area (TPSA) is 78.1 Å². The van der Waals surface area contributed by atoms with Gasteiger partial charge in [-0.15, -0.1) is 0 Å². The molecule has 1 heterocycles. The van der Waals surface area contributed by atoms with E-state index in [9.17, 15) is 13.2 Å². The summed E-state index contributed by atoms with van der Waals surface area (Å²) in [5, 5.41) is 0.866. The molecule has 4 aromatic carbocycles. The van der Waals surface area contributed by atoms with Crippen LogP contribution >= 0.6 is 23.2 Å². The summed E-state index contributed by atoms with van der Waals surface area (Å²) in [6.07, 6.45) is -4.47. The van der Waals surface area contributed by atoms with Crippen LogP contribution in [0.1, 0.15) is 5.56 Å². The number of rotatable bonds is 3.